The molecule has 0 radical (unpaired) electrons. The summed E-state index contributed by atoms with van der Waals surface area (Å²) in [7, 11) is 0. The van der Waals surface area contributed by atoms with Crippen LogP contribution >= 0.6 is 23.0 Å². The van der Waals surface area contributed by atoms with E-state index in [1.807, 2.05) is 0 Å². The van der Waals surface area contributed by atoms with E-state index in [4.69, 9.17) is 12.9 Å². The molecule has 2 unspecified atom stereocenters. The van der Waals surface area contributed by atoms with Crippen LogP contribution in [0.25, 0.3) is 0 Å². The first-order valence-corrected chi connectivity index (χ1v) is 3.76. The number of halogens is 1. The van der Waals surface area contributed by atoms with Gasteiger partial charge in [-0.3, -0.25) is 0 Å². The molecule has 0 aliphatic carbocycles. The normalized spacial score (nSPS) is 36.7. The first-order valence-electron chi connectivity index (χ1n) is 2.88. The highest BCUT2D eigenvalue weighted by Gasteiger charge is 2.23. The molecule has 0 aromatic rings. The van der Waals surface area contributed by atoms with Gasteiger partial charge in [0.1, 0.15) is 35.2 Å². The molecule has 9 heavy (non-hydrogen) atoms. The van der Waals surface area contributed by atoms with E-state index < -0.39 is 6.10 Å². The molecule has 0 saturated carbocycles. The van der Waals surface area contributed by atoms with E-state index >= 15 is 0 Å². The van der Waals surface area contributed by atoms with Gasteiger partial charge in [-0.05, 0) is 0 Å². The molecular weight excluding hydrogens is 235 g/mol. The van der Waals surface area contributed by atoms with Crippen molar-refractivity contribution >= 4 is 23.0 Å². The maximum absolute atomic E-state index is 9.11. The Morgan fingerprint density at radius 3 is 2.89 bits per heavy atom. The summed E-state index contributed by atoms with van der Waals surface area (Å²) in [5.74, 6) is 0. The zero-order chi connectivity index (χ0) is 6.69. The molecule has 1 aliphatic heterocycles. The van der Waals surface area contributed by atoms with Crippen LogP contribution in [-0.2, 0) is 7.80 Å². The standard InChI is InChI=1S/C5H9IO3/c6-9-5-1-2-8-3-4(5)7/h4-5,7H,1-3H2. The fraction of sp³-hybridized carbons (Fsp3) is 1.00. The van der Waals surface area contributed by atoms with E-state index in [0.29, 0.717) is 13.2 Å². The van der Waals surface area contributed by atoms with Gasteiger partial charge in [-0.1, -0.05) is 0 Å². The predicted octanol–water partition coefficient (Wildman–Crippen LogP) is 0.503. The topological polar surface area (TPSA) is 38.7 Å². The Bertz CT molecular complexity index is 88.3. The van der Waals surface area contributed by atoms with Crippen molar-refractivity contribution in [2.45, 2.75) is 18.6 Å². The van der Waals surface area contributed by atoms with Crippen molar-refractivity contribution in [2.75, 3.05) is 13.2 Å². The van der Waals surface area contributed by atoms with Crippen LogP contribution in [0.4, 0.5) is 0 Å². The second kappa shape index (κ2) is 3.70. The van der Waals surface area contributed by atoms with Crippen molar-refractivity contribution in [3.63, 3.8) is 0 Å². The number of hydrogen-bond donors (Lipinski definition) is 1. The first kappa shape index (κ1) is 7.71. The molecule has 1 heterocycles. The Morgan fingerprint density at radius 2 is 2.44 bits per heavy atom. The van der Waals surface area contributed by atoms with Gasteiger partial charge in [0.05, 0.1) is 6.61 Å². The first-order chi connectivity index (χ1) is 4.34. The zero-order valence-corrected chi connectivity index (χ0v) is 7.08. The van der Waals surface area contributed by atoms with Crippen LogP contribution in [0.5, 0.6) is 0 Å². The largest absolute Gasteiger partial charge is 0.388 e. The van der Waals surface area contributed by atoms with Gasteiger partial charge in [0, 0.05) is 13.0 Å². The highest BCUT2D eigenvalue weighted by molar-refractivity contribution is 14.1. The molecule has 0 spiro atoms. The third-order valence-electron chi connectivity index (χ3n) is 1.38. The lowest BCUT2D eigenvalue weighted by Gasteiger charge is -2.24. The number of aliphatic hydroxyl groups is 1. The summed E-state index contributed by atoms with van der Waals surface area (Å²) in [5, 5.41) is 9.11. The molecule has 4 heteroatoms. The van der Waals surface area contributed by atoms with Crippen molar-refractivity contribution in [3.8, 4) is 0 Å². The van der Waals surface area contributed by atoms with Gasteiger partial charge in [-0.25, -0.2) is 0 Å². The summed E-state index contributed by atoms with van der Waals surface area (Å²) < 4.78 is 9.92. The van der Waals surface area contributed by atoms with Crippen LogP contribution in [0, 0.1) is 0 Å². The Hall–Kier alpha value is 0.610. The Morgan fingerprint density at radius 1 is 1.67 bits per heavy atom. The average molecular weight is 244 g/mol. The SMILES string of the molecule is OC1COCCC1OI. The van der Waals surface area contributed by atoms with Gasteiger partial charge in [-0.2, -0.15) is 0 Å². The molecule has 1 saturated heterocycles. The highest BCUT2D eigenvalue weighted by Crippen LogP contribution is 2.13. The molecule has 0 amide bonds. The quantitative estimate of drug-likeness (QED) is 0.683. The summed E-state index contributed by atoms with van der Waals surface area (Å²) in [5.41, 5.74) is 0. The minimum absolute atomic E-state index is 0.0284. The van der Waals surface area contributed by atoms with Gasteiger partial charge >= 0.3 is 0 Å². The summed E-state index contributed by atoms with van der Waals surface area (Å²) in [4.78, 5) is 0. The van der Waals surface area contributed by atoms with E-state index in [-0.39, 0.29) is 6.10 Å². The third kappa shape index (κ3) is 2.03. The third-order valence-corrected chi connectivity index (χ3v) is 2.03. The molecule has 54 valence electrons. The second-order valence-corrected chi connectivity index (χ2v) is 2.57. The summed E-state index contributed by atoms with van der Waals surface area (Å²) >= 11 is 1.81. The van der Waals surface area contributed by atoms with Gasteiger partial charge in [0.25, 0.3) is 0 Å². The average Bonchev–Trinajstić information content (AvgIpc) is 1.89. The molecule has 1 N–H and O–H groups in total. The fourth-order valence-corrected chi connectivity index (χ4v) is 1.40. The van der Waals surface area contributed by atoms with E-state index in [1.54, 1.807) is 23.0 Å². The molecule has 2 atom stereocenters. The van der Waals surface area contributed by atoms with E-state index in [0.717, 1.165) is 6.42 Å². The molecule has 3 nitrogen and oxygen atoms in total. The Labute approximate surface area is 68.0 Å². The van der Waals surface area contributed by atoms with Crippen LogP contribution in [0.1, 0.15) is 6.42 Å². The molecule has 0 aromatic carbocycles. The predicted molar refractivity (Wildman–Crippen MR) is 40.3 cm³/mol. The van der Waals surface area contributed by atoms with E-state index in [1.165, 1.54) is 0 Å². The molecule has 1 aliphatic rings. The maximum atomic E-state index is 9.11. The monoisotopic (exact) mass is 244 g/mol. The Balaban J connectivity index is 2.30. The lowest BCUT2D eigenvalue weighted by atomic mass is 10.1. The molecular formula is C5H9IO3. The van der Waals surface area contributed by atoms with Crippen molar-refractivity contribution in [1.29, 1.82) is 0 Å². The molecule has 0 aromatic heterocycles. The number of hydrogen-bond acceptors (Lipinski definition) is 3. The maximum Gasteiger partial charge on any atom is 0.110 e. The van der Waals surface area contributed by atoms with Crippen LogP contribution in [0.2, 0.25) is 0 Å². The van der Waals surface area contributed by atoms with Gasteiger partial charge in [-0.15, -0.1) is 0 Å². The van der Waals surface area contributed by atoms with E-state index in [9.17, 15) is 0 Å². The fourth-order valence-electron chi connectivity index (χ4n) is 0.807. The van der Waals surface area contributed by atoms with Crippen LogP contribution in [-0.4, -0.2) is 30.5 Å². The smallest absolute Gasteiger partial charge is 0.110 e. The molecule has 0 bridgehead atoms. The number of ether oxygens (including phenoxy) is 1. The summed E-state index contributed by atoms with van der Waals surface area (Å²) in [6.07, 6.45) is 0.333. The molecule has 1 fully saturated rings. The summed E-state index contributed by atoms with van der Waals surface area (Å²) in [6.45, 7) is 1.11. The van der Waals surface area contributed by atoms with Crippen LogP contribution < -0.4 is 0 Å². The van der Waals surface area contributed by atoms with Gasteiger partial charge in [0.15, 0.2) is 0 Å². The second-order valence-electron chi connectivity index (χ2n) is 2.06. The van der Waals surface area contributed by atoms with Crippen molar-refractivity contribution in [2.24, 2.45) is 0 Å². The number of rotatable bonds is 1. The minimum atomic E-state index is -0.435. The summed E-state index contributed by atoms with van der Waals surface area (Å²) in [6, 6.07) is 0. The Kier molecular flexibility index (Phi) is 3.17. The lowest BCUT2D eigenvalue weighted by molar-refractivity contribution is -0.0625. The van der Waals surface area contributed by atoms with Crippen molar-refractivity contribution in [1.82, 2.24) is 0 Å². The van der Waals surface area contributed by atoms with Gasteiger partial charge in [0.2, 0.25) is 0 Å². The number of aliphatic hydroxyl groups excluding tert-OH is 1. The molecule has 1 rings (SSSR count). The van der Waals surface area contributed by atoms with Gasteiger partial charge < -0.3 is 12.9 Å². The van der Waals surface area contributed by atoms with Crippen LogP contribution in [0.15, 0.2) is 0 Å². The van der Waals surface area contributed by atoms with Crippen LogP contribution in [0.3, 0.4) is 0 Å². The van der Waals surface area contributed by atoms with Crippen molar-refractivity contribution in [3.05, 3.63) is 0 Å². The van der Waals surface area contributed by atoms with Crippen molar-refractivity contribution < 1.29 is 12.9 Å². The lowest BCUT2D eigenvalue weighted by Crippen LogP contribution is -2.36. The minimum Gasteiger partial charge on any atom is -0.388 e. The highest BCUT2D eigenvalue weighted by atomic mass is 127. The zero-order valence-electron chi connectivity index (χ0n) is 4.92. The van der Waals surface area contributed by atoms with E-state index in [2.05, 4.69) is 0 Å².